The van der Waals surface area contributed by atoms with Crippen LogP contribution in [0.3, 0.4) is 0 Å². The van der Waals surface area contributed by atoms with Gasteiger partial charge in [0.1, 0.15) is 0 Å². The number of hydrogen-bond acceptors (Lipinski definition) is 4. The van der Waals surface area contributed by atoms with Crippen LogP contribution in [0.5, 0.6) is 0 Å². The lowest BCUT2D eigenvalue weighted by Gasteiger charge is -2.44. The number of hydrogen-bond donors (Lipinski definition) is 2. The van der Waals surface area contributed by atoms with Crippen LogP contribution in [-0.2, 0) is 10.0 Å². The first kappa shape index (κ1) is 12.9. The molecule has 0 radical (unpaired) electrons. The van der Waals surface area contributed by atoms with Crippen molar-refractivity contribution < 1.29 is 8.42 Å². The number of nitrogens with two attached hydrogens (primary N) is 1. The summed E-state index contributed by atoms with van der Waals surface area (Å²) in [6.45, 7) is 3.02. The van der Waals surface area contributed by atoms with Crippen molar-refractivity contribution in [1.82, 2.24) is 9.62 Å². The highest BCUT2D eigenvalue weighted by molar-refractivity contribution is 7.89. The minimum atomic E-state index is -3.46. The van der Waals surface area contributed by atoms with E-state index in [0.717, 1.165) is 32.5 Å². The van der Waals surface area contributed by atoms with Gasteiger partial charge >= 0.3 is 0 Å². The Balaban J connectivity index is 1.79. The molecule has 3 saturated heterocycles. The first-order valence-electron chi connectivity index (χ1n) is 6.65. The highest BCUT2D eigenvalue weighted by Gasteiger charge is 2.36. The van der Waals surface area contributed by atoms with E-state index in [1.54, 1.807) is 18.2 Å². The normalized spacial score (nSPS) is 30.4. The Labute approximate surface area is 113 Å². The number of anilines is 1. The van der Waals surface area contributed by atoms with E-state index in [9.17, 15) is 8.42 Å². The summed E-state index contributed by atoms with van der Waals surface area (Å²) in [6, 6.07) is 6.48. The number of benzene rings is 1. The Morgan fingerprint density at radius 2 is 2.00 bits per heavy atom. The number of nitrogens with zero attached hydrogens (tertiary/aromatic N) is 1. The molecule has 1 aromatic rings. The molecule has 2 bridgehead atoms. The van der Waals surface area contributed by atoms with Gasteiger partial charge in [0.15, 0.2) is 0 Å². The van der Waals surface area contributed by atoms with Crippen molar-refractivity contribution in [2.45, 2.75) is 23.8 Å². The van der Waals surface area contributed by atoms with Crippen LogP contribution >= 0.6 is 0 Å². The molecule has 0 aromatic heterocycles. The molecule has 3 fully saturated rings. The van der Waals surface area contributed by atoms with E-state index in [2.05, 4.69) is 9.62 Å². The Kier molecular flexibility index (Phi) is 3.24. The van der Waals surface area contributed by atoms with E-state index in [4.69, 9.17) is 5.73 Å². The lowest BCUT2D eigenvalue weighted by molar-refractivity contribution is 0.0827. The molecule has 0 saturated carbocycles. The number of sulfonamides is 1. The fourth-order valence-electron chi connectivity index (χ4n) is 3.05. The molecule has 0 unspecified atom stereocenters. The fourth-order valence-corrected chi connectivity index (χ4v) is 4.40. The topological polar surface area (TPSA) is 75.4 Å². The molecule has 0 spiro atoms. The molecule has 1 aromatic carbocycles. The number of fused-ring (bicyclic) bond motifs is 3. The van der Waals surface area contributed by atoms with Crippen LogP contribution in [0.2, 0.25) is 0 Å². The van der Waals surface area contributed by atoms with Crippen LogP contribution in [0.25, 0.3) is 0 Å². The SMILES string of the molecule is Nc1cccc(S(=O)(=O)N[C@@H]2CN3CCC2CC3)c1. The first-order valence-corrected chi connectivity index (χ1v) is 8.13. The zero-order chi connectivity index (χ0) is 13.5. The molecule has 1 atom stereocenters. The van der Waals surface area contributed by atoms with Gasteiger partial charge in [0.05, 0.1) is 4.90 Å². The van der Waals surface area contributed by atoms with Gasteiger partial charge in [0.2, 0.25) is 10.0 Å². The maximum absolute atomic E-state index is 12.3. The standard InChI is InChI=1S/C13H19N3O2S/c14-11-2-1-3-12(8-11)19(17,18)15-13-9-16-6-4-10(13)5-7-16/h1-3,8,10,13,15H,4-7,9,14H2/t13-/m1/s1. The Morgan fingerprint density at radius 3 is 2.58 bits per heavy atom. The second-order valence-electron chi connectivity index (χ2n) is 5.44. The average molecular weight is 281 g/mol. The van der Waals surface area contributed by atoms with Crippen molar-refractivity contribution in [3.8, 4) is 0 Å². The van der Waals surface area contributed by atoms with E-state index in [1.165, 1.54) is 6.07 Å². The summed E-state index contributed by atoms with van der Waals surface area (Å²) in [6.07, 6.45) is 2.17. The number of rotatable bonds is 3. The summed E-state index contributed by atoms with van der Waals surface area (Å²) >= 11 is 0. The number of nitrogen functional groups attached to an aromatic ring is 1. The minimum Gasteiger partial charge on any atom is -0.399 e. The third kappa shape index (κ3) is 2.61. The Morgan fingerprint density at radius 1 is 1.26 bits per heavy atom. The number of nitrogens with one attached hydrogen (secondary N) is 1. The van der Waals surface area contributed by atoms with Gasteiger partial charge in [0, 0.05) is 18.3 Å². The Bertz CT molecular complexity index is 565. The fraction of sp³-hybridized carbons (Fsp3) is 0.538. The van der Waals surface area contributed by atoms with Crippen molar-refractivity contribution >= 4 is 15.7 Å². The van der Waals surface area contributed by atoms with Gasteiger partial charge in [-0.25, -0.2) is 13.1 Å². The molecular weight excluding hydrogens is 262 g/mol. The van der Waals surface area contributed by atoms with Gasteiger partial charge in [-0.2, -0.15) is 0 Å². The van der Waals surface area contributed by atoms with Crippen molar-refractivity contribution in [3.05, 3.63) is 24.3 Å². The van der Waals surface area contributed by atoms with Crippen LogP contribution in [-0.4, -0.2) is 39.0 Å². The monoisotopic (exact) mass is 281 g/mol. The molecule has 19 heavy (non-hydrogen) atoms. The van der Waals surface area contributed by atoms with Crippen LogP contribution < -0.4 is 10.5 Å². The lowest BCUT2D eigenvalue weighted by atomic mass is 9.85. The quantitative estimate of drug-likeness (QED) is 0.797. The van der Waals surface area contributed by atoms with Crippen molar-refractivity contribution in [1.29, 1.82) is 0 Å². The van der Waals surface area contributed by atoms with E-state index in [1.807, 2.05) is 0 Å². The van der Waals surface area contributed by atoms with E-state index in [-0.39, 0.29) is 10.9 Å². The molecule has 3 N–H and O–H groups in total. The second-order valence-corrected chi connectivity index (χ2v) is 7.15. The molecule has 3 heterocycles. The molecule has 3 aliphatic heterocycles. The zero-order valence-electron chi connectivity index (χ0n) is 10.7. The highest BCUT2D eigenvalue weighted by atomic mass is 32.2. The molecule has 4 rings (SSSR count). The maximum atomic E-state index is 12.3. The molecule has 0 aliphatic carbocycles. The van der Waals surface area contributed by atoms with Gasteiger partial charge in [-0.05, 0) is 50.0 Å². The summed E-state index contributed by atoms with van der Waals surface area (Å²) in [5.74, 6) is 0.473. The molecule has 5 nitrogen and oxygen atoms in total. The highest BCUT2D eigenvalue weighted by Crippen LogP contribution is 2.28. The van der Waals surface area contributed by atoms with Crippen LogP contribution in [0.15, 0.2) is 29.2 Å². The molecule has 6 heteroatoms. The molecule has 3 aliphatic rings. The number of piperidine rings is 3. The summed E-state index contributed by atoms with van der Waals surface area (Å²) in [5.41, 5.74) is 6.12. The van der Waals surface area contributed by atoms with Crippen molar-refractivity contribution in [3.63, 3.8) is 0 Å². The zero-order valence-corrected chi connectivity index (χ0v) is 11.6. The van der Waals surface area contributed by atoms with E-state index < -0.39 is 10.0 Å². The van der Waals surface area contributed by atoms with Gasteiger partial charge in [-0.15, -0.1) is 0 Å². The third-order valence-electron chi connectivity index (χ3n) is 4.13. The summed E-state index contributed by atoms with van der Waals surface area (Å²) in [5, 5.41) is 0. The van der Waals surface area contributed by atoms with Crippen LogP contribution in [0.1, 0.15) is 12.8 Å². The predicted octanol–water partition coefficient (Wildman–Crippen LogP) is 0.641. The first-order chi connectivity index (χ1) is 9.04. The van der Waals surface area contributed by atoms with Gasteiger partial charge in [-0.3, -0.25) is 0 Å². The summed E-state index contributed by atoms with van der Waals surface area (Å²) in [7, 11) is -3.46. The summed E-state index contributed by atoms with van der Waals surface area (Å²) < 4.78 is 27.5. The van der Waals surface area contributed by atoms with E-state index >= 15 is 0 Å². The third-order valence-corrected chi connectivity index (χ3v) is 5.62. The second kappa shape index (κ2) is 4.77. The smallest absolute Gasteiger partial charge is 0.240 e. The lowest BCUT2D eigenvalue weighted by Crippen LogP contribution is -2.57. The van der Waals surface area contributed by atoms with Crippen molar-refractivity contribution in [2.24, 2.45) is 5.92 Å². The average Bonchev–Trinajstić information content (AvgIpc) is 2.39. The maximum Gasteiger partial charge on any atom is 0.240 e. The minimum absolute atomic E-state index is 0.0360. The Hall–Kier alpha value is -1.11. The van der Waals surface area contributed by atoms with Crippen LogP contribution in [0, 0.1) is 5.92 Å². The predicted molar refractivity (Wildman–Crippen MR) is 74.1 cm³/mol. The molecular formula is C13H19N3O2S. The van der Waals surface area contributed by atoms with Gasteiger partial charge in [0.25, 0.3) is 0 Å². The molecule has 104 valence electrons. The van der Waals surface area contributed by atoms with Gasteiger partial charge in [-0.1, -0.05) is 6.07 Å². The summed E-state index contributed by atoms with van der Waals surface area (Å²) in [4.78, 5) is 2.58. The largest absolute Gasteiger partial charge is 0.399 e. The van der Waals surface area contributed by atoms with Gasteiger partial charge < -0.3 is 10.6 Å². The van der Waals surface area contributed by atoms with Crippen molar-refractivity contribution in [2.75, 3.05) is 25.4 Å². The van der Waals surface area contributed by atoms with Crippen LogP contribution in [0.4, 0.5) is 5.69 Å². The molecule has 0 amide bonds. The van der Waals surface area contributed by atoms with E-state index in [0.29, 0.717) is 11.6 Å².